The maximum absolute atomic E-state index is 13.6. The summed E-state index contributed by atoms with van der Waals surface area (Å²) >= 11 is 0. The third-order valence-corrected chi connectivity index (χ3v) is 7.02. The number of imide groups is 1. The van der Waals surface area contributed by atoms with Crippen LogP contribution in [0, 0.1) is 5.92 Å². The summed E-state index contributed by atoms with van der Waals surface area (Å²) in [7, 11) is 0. The third-order valence-electron chi connectivity index (χ3n) is 7.02. The Kier molecular flexibility index (Phi) is 5.74. The lowest BCUT2D eigenvalue weighted by Crippen LogP contribution is -2.39. The number of amides is 3. The van der Waals surface area contributed by atoms with Crippen LogP contribution in [-0.4, -0.2) is 34.6 Å². The summed E-state index contributed by atoms with van der Waals surface area (Å²) in [5.41, 5.74) is 3.80. The van der Waals surface area contributed by atoms with E-state index in [4.69, 9.17) is 9.47 Å². The molecule has 0 bridgehead atoms. The molecule has 7 nitrogen and oxygen atoms in total. The Balaban J connectivity index is 1.50. The molecule has 0 aromatic heterocycles. The minimum absolute atomic E-state index is 0.138. The first-order valence-electron chi connectivity index (χ1n) is 12.1. The van der Waals surface area contributed by atoms with Crippen molar-refractivity contribution in [3.63, 3.8) is 0 Å². The number of hydrogen-bond acceptors (Lipinski definition) is 5. The number of fused-ring (bicyclic) bond motifs is 3. The fraction of sp³-hybridized carbons (Fsp3) is 0.345. The SMILES string of the molecule is CC1=C(C)C(OC=C2C(=O)N(C(=O)OC(C)(C)C)C3c4ccccc4CC23)N(c2ccccc2)C1=O. The van der Waals surface area contributed by atoms with Gasteiger partial charge in [0.25, 0.3) is 11.8 Å². The van der Waals surface area contributed by atoms with Crippen molar-refractivity contribution in [3.05, 3.63) is 88.7 Å². The molecule has 0 N–H and O–H groups in total. The summed E-state index contributed by atoms with van der Waals surface area (Å²) in [4.78, 5) is 42.6. The molecular weight excluding hydrogens is 456 g/mol. The zero-order valence-corrected chi connectivity index (χ0v) is 21.1. The number of nitrogens with zero attached hydrogens (tertiary/aromatic N) is 2. The fourth-order valence-corrected chi connectivity index (χ4v) is 5.22. The number of hydrogen-bond donors (Lipinski definition) is 0. The lowest BCUT2D eigenvalue weighted by Gasteiger charge is -2.27. The summed E-state index contributed by atoms with van der Waals surface area (Å²) in [5, 5.41) is 0. The van der Waals surface area contributed by atoms with Gasteiger partial charge < -0.3 is 9.47 Å². The van der Waals surface area contributed by atoms with Gasteiger partial charge in [0.1, 0.15) is 5.60 Å². The predicted molar refractivity (Wildman–Crippen MR) is 135 cm³/mol. The normalized spacial score (nSPS) is 24.5. The van der Waals surface area contributed by atoms with Gasteiger partial charge in [0.05, 0.1) is 17.9 Å². The van der Waals surface area contributed by atoms with Crippen molar-refractivity contribution >= 4 is 23.6 Å². The predicted octanol–water partition coefficient (Wildman–Crippen LogP) is 5.29. The summed E-state index contributed by atoms with van der Waals surface area (Å²) in [6, 6.07) is 16.7. The van der Waals surface area contributed by atoms with E-state index in [0.29, 0.717) is 23.3 Å². The van der Waals surface area contributed by atoms with E-state index in [1.165, 1.54) is 11.2 Å². The average molecular weight is 487 g/mol. The Morgan fingerprint density at radius 2 is 1.64 bits per heavy atom. The van der Waals surface area contributed by atoms with Gasteiger partial charge >= 0.3 is 6.09 Å². The molecule has 2 aliphatic heterocycles. The third kappa shape index (κ3) is 3.88. The van der Waals surface area contributed by atoms with Crippen molar-refractivity contribution in [2.24, 2.45) is 5.92 Å². The molecule has 186 valence electrons. The smallest absolute Gasteiger partial charge is 0.417 e. The van der Waals surface area contributed by atoms with Crippen molar-refractivity contribution in [1.82, 2.24) is 4.90 Å². The highest BCUT2D eigenvalue weighted by atomic mass is 16.6. The van der Waals surface area contributed by atoms with E-state index in [9.17, 15) is 14.4 Å². The molecule has 0 spiro atoms. The van der Waals surface area contributed by atoms with Crippen LogP contribution in [0.4, 0.5) is 10.5 Å². The van der Waals surface area contributed by atoms with Gasteiger partial charge in [0.2, 0.25) is 6.23 Å². The highest BCUT2D eigenvalue weighted by molar-refractivity contribution is 6.09. The van der Waals surface area contributed by atoms with E-state index in [-0.39, 0.29) is 11.8 Å². The lowest BCUT2D eigenvalue weighted by molar-refractivity contribution is -0.125. The maximum Gasteiger partial charge on any atom is 0.417 e. The summed E-state index contributed by atoms with van der Waals surface area (Å²) < 4.78 is 11.8. The van der Waals surface area contributed by atoms with Crippen LogP contribution < -0.4 is 4.90 Å². The molecule has 5 rings (SSSR count). The summed E-state index contributed by atoms with van der Waals surface area (Å²) in [6.07, 6.45) is 0.710. The van der Waals surface area contributed by atoms with Crippen LogP contribution in [0.1, 0.15) is 51.8 Å². The quantitative estimate of drug-likeness (QED) is 0.435. The number of benzene rings is 2. The van der Waals surface area contributed by atoms with Crippen molar-refractivity contribution in [2.45, 2.75) is 58.9 Å². The van der Waals surface area contributed by atoms with Crippen molar-refractivity contribution in [1.29, 1.82) is 0 Å². The largest absolute Gasteiger partial charge is 0.473 e. The van der Waals surface area contributed by atoms with Gasteiger partial charge in [-0.25, -0.2) is 9.69 Å². The molecular formula is C29H30N2O5. The van der Waals surface area contributed by atoms with Crippen LogP contribution in [0.15, 0.2) is 77.6 Å². The van der Waals surface area contributed by atoms with Crippen LogP contribution in [0.25, 0.3) is 0 Å². The molecule has 1 aliphatic carbocycles. The van der Waals surface area contributed by atoms with Crippen LogP contribution in [0.3, 0.4) is 0 Å². The average Bonchev–Trinajstić information content (AvgIpc) is 3.40. The fourth-order valence-electron chi connectivity index (χ4n) is 5.22. The molecule has 3 amide bonds. The highest BCUT2D eigenvalue weighted by Gasteiger charge is 2.53. The maximum atomic E-state index is 13.6. The van der Waals surface area contributed by atoms with E-state index in [1.54, 1.807) is 32.6 Å². The van der Waals surface area contributed by atoms with Gasteiger partial charge in [-0.2, -0.15) is 0 Å². The number of likely N-dealkylation sites (tertiary alicyclic amines) is 1. The number of rotatable bonds is 3. The van der Waals surface area contributed by atoms with Crippen molar-refractivity contribution < 1.29 is 23.9 Å². The Morgan fingerprint density at radius 1 is 0.972 bits per heavy atom. The molecule has 1 saturated heterocycles. The van der Waals surface area contributed by atoms with E-state index in [1.807, 2.05) is 61.5 Å². The first-order valence-corrected chi connectivity index (χ1v) is 12.1. The van der Waals surface area contributed by atoms with Gasteiger partial charge in [-0.1, -0.05) is 42.5 Å². The molecule has 0 radical (unpaired) electrons. The van der Waals surface area contributed by atoms with Gasteiger partial charge in [-0.3, -0.25) is 14.5 Å². The zero-order chi connectivity index (χ0) is 25.8. The minimum atomic E-state index is -0.742. The molecule has 0 saturated carbocycles. The Labute approximate surface area is 211 Å². The van der Waals surface area contributed by atoms with E-state index >= 15 is 0 Å². The molecule has 7 heteroatoms. The second kappa shape index (κ2) is 8.66. The number of anilines is 1. The second-order valence-corrected chi connectivity index (χ2v) is 10.5. The first-order chi connectivity index (χ1) is 17.1. The van der Waals surface area contributed by atoms with Crippen LogP contribution in [0.2, 0.25) is 0 Å². The minimum Gasteiger partial charge on any atom is -0.473 e. The van der Waals surface area contributed by atoms with Gasteiger partial charge in [-0.05, 0) is 69.9 Å². The highest BCUT2D eigenvalue weighted by Crippen LogP contribution is 2.50. The number of carbonyl (C=O) groups is 3. The van der Waals surface area contributed by atoms with E-state index in [2.05, 4.69) is 0 Å². The van der Waals surface area contributed by atoms with Gasteiger partial charge in [0, 0.05) is 17.2 Å². The van der Waals surface area contributed by atoms with Crippen molar-refractivity contribution in [3.8, 4) is 0 Å². The molecule has 1 fully saturated rings. The molecule has 2 aromatic rings. The molecule has 2 aromatic carbocycles. The number of carbonyl (C=O) groups excluding carboxylic acids is 3. The van der Waals surface area contributed by atoms with Gasteiger partial charge in [0.15, 0.2) is 0 Å². The van der Waals surface area contributed by atoms with Crippen LogP contribution in [-0.2, 0) is 25.5 Å². The topological polar surface area (TPSA) is 76.2 Å². The van der Waals surface area contributed by atoms with E-state index < -0.39 is 29.9 Å². The molecule has 36 heavy (non-hydrogen) atoms. The number of para-hydroxylation sites is 1. The molecule has 3 aliphatic rings. The van der Waals surface area contributed by atoms with Crippen LogP contribution >= 0.6 is 0 Å². The van der Waals surface area contributed by atoms with Crippen LogP contribution in [0.5, 0.6) is 0 Å². The second-order valence-electron chi connectivity index (χ2n) is 10.5. The molecule has 3 unspecified atom stereocenters. The lowest BCUT2D eigenvalue weighted by atomic mass is 9.97. The molecule has 2 heterocycles. The Hall–Kier alpha value is -3.87. The molecule has 3 atom stereocenters. The van der Waals surface area contributed by atoms with E-state index in [0.717, 1.165) is 16.7 Å². The monoisotopic (exact) mass is 486 g/mol. The summed E-state index contributed by atoms with van der Waals surface area (Å²) in [6.45, 7) is 8.96. The number of ether oxygens (including phenoxy) is 2. The summed E-state index contributed by atoms with van der Waals surface area (Å²) in [5.74, 6) is -0.820. The Morgan fingerprint density at radius 3 is 2.33 bits per heavy atom. The standard InChI is InChI=1S/C29H30N2O5/c1-17-18(2)27(30(25(17)32)20-12-7-6-8-13-20)35-16-23-22-15-19-11-9-10-14-21(19)24(22)31(26(23)33)28(34)36-29(3,4)5/h6-14,16,22,24,27H,15H2,1-5H3. The van der Waals surface area contributed by atoms with Crippen molar-refractivity contribution in [2.75, 3.05) is 4.90 Å². The zero-order valence-electron chi connectivity index (χ0n) is 21.1. The van der Waals surface area contributed by atoms with Gasteiger partial charge in [-0.15, -0.1) is 0 Å². The Bertz CT molecular complexity index is 1300. The first kappa shape index (κ1) is 23.9.